The zero-order valence-electron chi connectivity index (χ0n) is 8.83. The molecule has 16 heavy (non-hydrogen) atoms. The molecule has 0 aromatic carbocycles. The van der Waals surface area contributed by atoms with Crippen molar-refractivity contribution in [2.45, 2.75) is 19.8 Å². The maximum Gasteiger partial charge on any atom is 0.308 e. The summed E-state index contributed by atoms with van der Waals surface area (Å²) >= 11 is 0. The average Bonchev–Trinajstić information content (AvgIpc) is 2.16. The number of carbonyl (C=O) groups is 1. The highest BCUT2D eigenvalue weighted by molar-refractivity contribution is 5.71. The summed E-state index contributed by atoms with van der Waals surface area (Å²) in [6.45, 7) is 1.43. The van der Waals surface area contributed by atoms with E-state index in [9.17, 15) is 13.6 Å². The number of hydrogen-bond acceptors (Lipinski definition) is 3. The summed E-state index contributed by atoms with van der Waals surface area (Å²) in [5.74, 6) is -0.906. The molecule has 1 heterocycles. The van der Waals surface area contributed by atoms with Gasteiger partial charge in [-0.3, -0.25) is 9.78 Å². The van der Waals surface area contributed by atoms with Crippen LogP contribution in [0.25, 0.3) is 0 Å². The number of pyridine rings is 1. The third kappa shape index (κ3) is 2.44. The Kier molecular flexibility index (Phi) is 3.76. The average molecular weight is 231 g/mol. The van der Waals surface area contributed by atoms with Gasteiger partial charge in [-0.2, -0.15) is 0 Å². The molecule has 0 atom stereocenters. The minimum Gasteiger partial charge on any atom is -0.496 e. The van der Waals surface area contributed by atoms with Gasteiger partial charge in [-0.15, -0.1) is 0 Å². The fourth-order valence-electron chi connectivity index (χ4n) is 1.45. The first-order valence-corrected chi connectivity index (χ1v) is 4.49. The molecule has 0 aliphatic carbocycles. The number of halogens is 2. The number of aromatic nitrogens is 1. The van der Waals surface area contributed by atoms with E-state index in [0.29, 0.717) is 0 Å². The van der Waals surface area contributed by atoms with Crippen LogP contribution in [0.2, 0.25) is 0 Å². The maximum atomic E-state index is 12.5. The van der Waals surface area contributed by atoms with Gasteiger partial charge in [0.15, 0.2) is 0 Å². The van der Waals surface area contributed by atoms with Crippen LogP contribution >= 0.6 is 0 Å². The lowest BCUT2D eigenvalue weighted by atomic mass is 10.1. The molecule has 0 radical (unpaired) electrons. The largest absolute Gasteiger partial charge is 0.496 e. The van der Waals surface area contributed by atoms with E-state index in [1.54, 1.807) is 0 Å². The van der Waals surface area contributed by atoms with E-state index in [-0.39, 0.29) is 29.0 Å². The van der Waals surface area contributed by atoms with Crippen LogP contribution in [-0.2, 0) is 11.2 Å². The van der Waals surface area contributed by atoms with Crippen molar-refractivity contribution >= 4 is 5.97 Å². The summed E-state index contributed by atoms with van der Waals surface area (Å²) in [6.07, 6.45) is -1.89. The fraction of sp³-hybridized carbons (Fsp3) is 0.400. The highest BCUT2D eigenvalue weighted by Crippen LogP contribution is 2.30. The number of carboxylic acid groups (broad SMARTS) is 1. The number of rotatable bonds is 4. The first kappa shape index (κ1) is 12.4. The fourth-order valence-corrected chi connectivity index (χ4v) is 1.45. The molecule has 1 N–H and O–H groups in total. The molecule has 0 aliphatic rings. The van der Waals surface area contributed by atoms with Crippen LogP contribution in [0.1, 0.15) is 23.2 Å². The SMILES string of the molecule is COc1c(CC(=O)O)cnc(C(F)F)c1C. The van der Waals surface area contributed by atoms with Crippen LogP contribution in [0.3, 0.4) is 0 Å². The van der Waals surface area contributed by atoms with Crippen molar-refractivity contribution in [3.63, 3.8) is 0 Å². The molecule has 4 nitrogen and oxygen atoms in total. The lowest BCUT2D eigenvalue weighted by Gasteiger charge is -2.12. The minimum atomic E-state index is -2.70. The molecule has 0 fully saturated rings. The second-order valence-electron chi connectivity index (χ2n) is 3.20. The van der Waals surface area contributed by atoms with Crippen molar-refractivity contribution in [2.24, 2.45) is 0 Å². The van der Waals surface area contributed by atoms with Crippen molar-refractivity contribution in [2.75, 3.05) is 7.11 Å². The van der Waals surface area contributed by atoms with Gasteiger partial charge >= 0.3 is 5.97 Å². The molecule has 0 saturated heterocycles. The van der Waals surface area contributed by atoms with E-state index < -0.39 is 12.4 Å². The van der Waals surface area contributed by atoms with Crippen LogP contribution in [0.15, 0.2) is 6.20 Å². The first-order valence-electron chi connectivity index (χ1n) is 4.49. The van der Waals surface area contributed by atoms with E-state index >= 15 is 0 Å². The molecular weight excluding hydrogens is 220 g/mol. The topological polar surface area (TPSA) is 59.4 Å². The number of alkyl halides is 2. The standard InChI is InChI=1S/C10H11F2NO3/c1-5-8(10(11)12)13-4-6(3-7(14)15)9(5)16-2/h4,10H,3H2,1-2H3,(H,14,15). The van der Waals surface area contributed by atoms with Gasteiger partial charge in [0.05, 0.1) is 13.5 Å². The van der Waals surface area contributed by atoms with Crippen LogP contribution in [0.5, 0.6) is 5.75 Å². The Hall–Kier alpha value is -1.72. The Bertz CT molecular complexity index is 407. The maximum absolute atomic E-state index is 12.5. The van der Waals surface area contributed by atoms with Gasteiger partial charge in [0.1, 0.15) is 11.4 Å². The van der Waals surface area contributed by atoms with Gasteiger partial charge in [-0.05, 0) is 6.92 Å². The summed E-state index contributed by atoms with van der Waals surface area (Å²) in [6, 6.07) is 0. The van der Waals surface area contributed by atoms with Crippen LogP contribution in [0, 0.1) is 6.92 Å². The van der Waals surface area contributed by atoms with E-state index in [1.807, 2.05) is 0 Å². The molecule has 6 heteroatoms. The summed E-state index contributed by atoms with van der Waals surface area (Å²) in [7, 11) is 1.31. The zero-order chi connectivity index (χ0) is 12.3. The molecule has 0 saturated carbocycles. The number of methoxy groups -OCH3 is 1. The summed E-state index contributed by atoms with van der Waals surface area (Å²) in [4.78, 5) is 14.1. The summed E-state index contributed by atoms with van der Waals surface area (Å²) in [5.41, 5.74) is 0.0825. The molecule has 0 aliphatic heterocycles. The van der Waals surface area contributed by atoms with Gasteiger partial charge < -0.3 is 9.84 Å². The van der Waals surface area contributed by atoms with Gasteiger partial charge in [-0.25, -0.2) is 8.78 Å². The quantitative estimate of drug-likeness (QED) is 0.860. The monoisotopic (exact) mass is 231 g/mol. The van der Waals surface area contributed by atoms with Crippen LogP contribution < -0.4 is 4.74 Å². The number of hydrogen-bond donors (Lipinski definition) is 1. The lowest BCUT2D eigenvalue weighted by molar-refractivity contribution is -0.136. The number of ether oxygens (including phenoxy) is 1. The van der Waals surface area contributed by atoms with Gasteiger partial charge in [-0.1, -0.05) is 0 Å². The second kappa shape index (κ2) is 4.87. The third-order valence-electron chi connectivity index (χ3n) is 2.13. The Labute approximate surface area is 90.9 Å². The Morgan fingerprint density at radius 3 is 2.69 bits per heavy atom. The number of carboxylic acids is 1. The highest BCUT2D eigenvalue weighted by Gasteiger charge is 2.19. The van der Waals surface area contributed by atoms with Gasteiger partial charge in [0.25, 0.3) is 6.43 Å². The van der Waals surface area contributed by atoms with Gasteiger partial charge in [0.2, 0.25) is 0 Å². The van der Waals surface area contributed by atoms with Crippen molar-refractivity contribution in [3.8, 4) is 5.75 Å². The van der Waals surface area contributed by atoms with Gasteiger partial charge in [0, 0.05) is 17.3 Å². The minimum absolute atomic E-state index is 0.160. The van der Waals surface area contributed by atoms with E-state index in [2.05, 4.69) is 4.98 Å². The Morgan fingerprint density at radius 2 is 2.25 bits per heavy atom. The third-order valence-corrected chi connectivity index (χ3v) is 2.13. The van der Waals surface area contributed by atoms with Crippen molar-refractivity contribution in [3.05, 3.63) is 23.0 Å². The smallest absolute Gasteiger partial charge is 0.308 e. The predicted octanol–water partition coefficient (Wildman–Crippen LogP) is 1.96. The molecule has 0 amide bonds. The predicted molar refractivity (Wildman–Crippen MR) is 51.8 cm³/mol. The Morgan fingerprint density at radius 1 is 1.62 bits per heavy atom. The molecule has 1 aromatic heterocycles. The molecule has 0 unspecified atom stereocenters. The summed E-state index contributed by atoms with van der Waals surface area (Å²) < 4.78 is 29.9. The van der Waals surface area contributed by atoms with E-state index in [4.69, 9.17) is 9.84 Å². The molecule has 0 spiro atoms. The molecule has 0 bridgehead atoms. The number of nitrogens with zero attached hydrogens (tertiary/aromatic N) is 1. The van der Waals surface area contributed by atoms with Crippen molar-refractivity contribution in [1.82, 2.24) is 4.98 Å². The molecular formula is C10H11F2NO3. The normalized spacial score (nSPS) is 10.6. The van der Waals surface area contributed by atoms with E-state index in [1.165, 1.54) is 14.0 Å². The molecule has 88 valence electrons. The molecule has 1 aromatic rings. The first-order chi connectivity index (χ1) is 7.47. The Balaban J connectivity index is 3.23. The highest BCUT2D eigenvalue weighted by atomic mass is 19.3. The summed E-state index contributed by atoms with van der Waals surface area (Å²) in [5, 5.41) is 8.62. The lowest BCUT2D eigenvalue weighted by Crippen LogP contribution is -2.07. The van der Waals surface area contributed by atoms with Crippen molar-refractivity contribution in [1.29, 1.82) is 0 Å². The van der Waals surface area contributed by atoms with E-state index in [0.717, 1.165) is 6.20 Å². The zero-order valence-corrected chi connectivity index (χ0v) is 8.83. The number of aliphatic carboxylic acids is 1. The van der Waals surface area contributed by atoms with Crippen LogP contribution in [0.4, 0.5) is 8.78 Å². The van der Waals surface area contributed by atoms with Crippen molar-refractivity contribution < 1.29 is 23.4 Å². The second-order valence-corrected chi connectivity index (χ2v) is 3.20. The molecule has 1 rings (SSSR count). The van der Waals surface area contributed by atoms with Crippen LogP contribution in [-0.4, -0.2) is 23.2 Å².